The van der Waals surface area contributed by atoms with E-state index in [1.165, 1.54) is 0 Å². The summed E-state index contributed by atoms with van der Waals surface area (Å²) in [5.41, 5.74) is 2.32. The van der Waals surface area contributed by atoms with Gasteiger partial charge >= 0.3 is 6.03 Å². The molecule has 1 fully saturated rings. The maximum atomic E-state index is 12.8. The molecule has 0 bridgehead atoms. The van der Waals surface area contributed by atoms with Crippen molar-refractivity contribution in [1.29, 1.82) is 0 Å². The molecule has 0 unspecified atom stereocenters. The Kier molecular flexibility index (Phi) is 9.44. The van der Waals surface area contributed by atoms with Gasteiger partial charge in [-0.2, -0.15) is 0 Å². The van der Waals surface area contributed by atoms with Gasteiger partial charge in [-0.05, 0) is 67.4 Å². The molecule has 206 valence electrons. The van der Waals surface area contributed by atoms with Crippen molar-refractivity contribution < 1.29 is 9.53 Å². The molecule has 4 aromatic rings. The average molecular weight is 556 g/mol. The number of carbonyl (C=O) groups excluding carboxylic acids is 1. The first-order chi connectivity index (χ1) is 19.6. The van der Waals surface area contributed by atoms with Crippen LogP contribution >= 0.6 is 11.8 Å². The fourth-order valence-electron chi connectivity index (χ4n) is 4.43. The van der Waals surface area contributed by atoms with Crippen molar-refractivity contribution in [3.63, 3.8) is 0 Å². The largest absolute Gasteiger partial charge is 0.491 e. The minimum Gasteiger partial charge on any atom is -0.491 e. The summed E-state index contributed by atoms with van der Waals surface area (Å²) in [6.45, 7) is 7.25. The normalized spacial score (nSPS) is 13.6. The zero-order chi connectivity index (χ0) is 27.6. The third kappa shape index (κ3) is 7.71. The molecule has 1 saturated heterocycles. The van der Waals surface area contributed by atoms with E-state index in [1.807, 2.05) is 73.7 Å². The standard InChI is InChI=1S/C30H33N7O2S/c1-23-7-4-8-26(39-22-6-17-36-18-20-37(21-19-36)29-32-15-5-16-33-29)28(23)35-30(38)34-24-10-12-25(13-11-24)40-27-9-2-3-14-31-27/h2-5,7-16H,6,17-22H2,1H3,(H2,34,35,38). The Morgan fingerprint density at radius 2 is 1.65 bits per heavy atom. The highest BCUT2D eigenvalue weighted by Crippen LogP contribution is 2.29. The number of nitrogens with zero attached hydrogens (tertiary/aromatic N) is 5. The summed E-state index contributed by atoms with van der Waals surface area (Å²) < 4.78 is 6.11. The van der Waals surface area contributed by atoms with Crippen molar-refractivity contribution in [2.45, 2.75) is 23.3 Å². The second-order valence-electron chi connectivity index (χ2n) is 9.40. The van der Waals surface area contributed by atoms with Crippen LogP contribution in [0.4, 0.5) is 22.1 Å². The minimum atomic E-state index is -0.315. The molecule has 0 spiro atoms. The molecule has 10 heteroatoms. The van der Waals surface area contributed by atoms with Crippen LogP contribution in [0, 0.1) is 6.92 Å². The van der Waals surface area contributed by atoms with Crippen LogP contribution in [0.2, 0.25) is 0 Å². The van der Waals surface area contributed by atoms with Crippen LogP contribution in [-0.4, -0.2) is 65.2 Å². The Morgan fingerprint density at radius 3 is 2.40 bits per heavy atom. The van der Waals surface area contributed by atoms with Crippen molar-refractivity contribution in [1.82, 2.24) is 19.9 Å². The Morgan fingerprint density at radius 1 is 0.875 bits per heavy atom. The average Bonchev–Trinajstić information content (AvgIpc) is 2.99. The topological polar surface area (TPSA) is 95.5 Å². The van der Waals surface area contributed by atoms with Gasteiger partial charge in [0.15, 0.2) is 0 Å². The summed E-state index contributed by atoms with van der Waals surface area (Å²) in [5.74, 6) is 1.47. The van der Waals surface area contributed by atoms with Gasteiger partial charge in [0, 0.05) is 61.9 Å². The lowest BCUT2D eigenvalue weighted by Crippen LogP contribution is -2.47. The molecule has 0 radical (unpaired) electrons. The number of nitrogens with one attached hydrogen (secondary N) is 2. The predicted octanol–water partition coefficient (Wildman–Crippen LogP) is 5.57. The van der Waals surface area contributed by atoms with Crippen molar-refractivity contribution in [2.24, 2.45) is 0 Å². The molecule has 0 saturated carbocycles. The van der Waals surface area contributed by atoms with Crippen LogP contribution in [0.25, 0.3) is 0 Å². The van der Waals surface area contributed by atoms with Crippen LogP contribution in [0.15, 0.2) is 95.2 Å². The Labute approximate surface area is 239 Å². The smallest absolute Gasteiger partial charge is 0.323 e. The number of ether oxygens (including phenoxy) is 1. The molecular formula is C30H33N7O2S. The van der Waals surface area contributed by atoms with Gasteiger partial charge in [0.05, 0.1) is 12.3 Å². The number of benzene rings is 2. The van der Waals surface area contributed by atoms with Gasteiger partial charge in [-0.25, -0.2) is 19.7 Å². The summed E-state index contributed by atoms with van der Waals surface area (Å²) in [6.07, 6.45) is 6.23. The first-order valence-corrected chi connectivity index (χ1v) is 14.2. The lowest BCUT2D eigenvalue weighted by atomic mass is 10.2. The summed E-state index contributed by atoms with van der Waals surface area (Å²) in [4.78, 5) is 31.6. The molecule has 9 nitrogen and oxygen atoms in total. The number of hydrogen-bond acceptors (Lipinski definition) is 8. The monoisotopic (exact) mass is 555 g/mol. The number of hydrogen-bond donors (Lipinski definition) is 2. The van der Waals surface area contributed by atoms with Gasteiger partial charge in [-0.3, -0.25) is 4.90 Å². The number of amides is 2. The van der Waals surface area contributed by atoms with Crippen LogP contribution in [0.3, 0.4) is 0 Å². The van der Waals surface area contributed by atoms with Crippen molar-refractivity contribution in [2.75, 3.05) is 54.9 Å². The van der Waals surface area contributed by atoms with E-state index in [1.54, 1.807) is 30.4 Å². The van der Waals surface area contributed by atoms with Gasteiger partial charge in [0.2, 0.25) is 5.95 Å². The van der Waals surface area contributed by atoms with E-state index in [9.17, 15) is 4.79 Å². The molecule has 0 aliphatic carbocycles. The lowest BCUT2D eigenvalue weighted by molar-refractivity contribution is 0.224. The van der Waals surface area contributed by atoms with E-state index < -0.39 is 0 Å². The van der Waals surface area contributed by atoms with Gasteiger partial charge < -0.3 is 20.3 Å². The van der Waals surface area contributed by atoms with Gasteiger partial charge in [0.1, 0.15) is 10.8 Å². The number of aryl methyl sites for hydroxylation is 1. The van der Waals surface area contributed by atoms with E-state index in [0.717, 1.165) is 60.6 Å². The van der Waals surface area contributed by atoms with Crippen LogP contribution in [-0.2, 0) is 0 Å². The molecular weight excluding hydrogens is 522 g/mol. The number of para-hydroxylation sites is 1. The first kappa shape index (κ1) is 27.4. The fourth-order valence-corrected chi connectivity index (χ4v) is 5.20. The molecule has 2 aromatic carbocycles. The number of rotatable bonds is 10. The molecule has 2 N–H and O–H groups in total. The molecule has 40 heavy (non-hydrogen) atoms. The fraction of sp³-hybridized carbons (Fsp3) is 0.267. The van der Waals surface area contributed by atoms with Gasteiger partial charge in [-0.1, -0.05) is 30.0 Å². The third-order valence-corrected chi connectivity index (χ3v) is 7.49. The molecule has 0 atom stereocenters. The number of piperazine rings is 1. The van der Waals surface area contributed by atoms with Gasteiger partial charge in [-0.15, -0.1) is 0 Å². The quantitative estimate of drug-likeness (QED) is 0.245. The number of carbonyl (C=O) groups is 1. The highest BCUT2D eigenvalue weighted by Gasteiger charge is 2.18. The van der Waals surface area contributed by atoms with E-state index in [-0.39, 0.29) is 6.03 Å². The van der Waals surface area contributed by atoms with Crippen molar-refractivity contribution >= 4 is 35.1 Å². The van der Waals surface area contributed by atoms with Crippen LogP contribution in [0.5, 0.6) is 5.75 Å². The Hall–Kier alpha value is -4.15. The first-order valence-electron chi connectivity index (χ1n) is 13.4. The van der Waals surface area contributed by atoms with E-state index in [4.69, 9.17) is 4.74 Å². The van der Waals surface area contributed by atoms with Crippen molar-refractivity contribution in [3.8, 4) is 5.75 Å². The number of anilines is 3. The predicted molar refractivity (Wildman–Crippen MR) is 159 cm³/mol. The van der Waals surface area contributed by atoms with Crippen molar-refractivity contribution in [3.05, 3.63) is 90.9 Å². The van der Waals surface area contributed by atoms with E-state index in [2.05, 4.69) is 35.4 Å². The number of pyridine rings is 1. The summed E-state index contributed by atoms with van der Waals surface area (Å²) in [5, 5.41) is 6.81. The SMILES string of the molecule is Cc1cccc(OCCCN2CCN(c3ncccn3)CC2)c1NC(=O)Nc1ccc(Sc2ccccn2)cc1. The second-order valence-corrected chi connectivity index (χ2v) is 10.5. The van der Waals surface area contributed by atoms with Crippen LogP contribution in [0.1, 0.15) is 12.0 Å². The summed E-state index contributed by atoms with van der Waals surface area (Å²) >= 11 is 1.57. The number of urea groups is 1. The lowest BCUT2D eigenvalue weighted by Gasteiger charge is -2.34. The third-order valence-electron chi connectivity index (χ3n) is 6.53. The molecule has 3 heterocycles. The molecule has 1 aliphatic heterocycles. The molecule has 5 rings (SSSR count). The minimum absolute atomic E-state index is 0.315. The number of aromatic nitrogens is 3. The Bertz CT molecular complexity index is 1370. The summed E-state index contributed by atoms with van der Waals surface area (Å²) in [7, 11) is 0. The van der Waals surface area contributed by atoms with Crippen LogP contribution < -0.4 is 20.3 Å². The Balaban J connectivity index is 1.07. The van der Waals surface area contributed by atoms with E-state index in [0.29, 0.717) is 23.7 Å². The molecule has 1 aliphatic rings. The maximum Gasteiger partial charge on any atom is 0.323 e. The molecule has 2 amide bonds. The van der Waals surface area contributed by atoms with E-state index >= 15 is 0 Å². The highest BCUT2D eigenvalue weighted by atomic mass is 32.2. The molecule has 2 aromatic heterocycles. The zero-order valence-corrected chi connectivity index (χ0v) is 23.3. The maximum absolute atomic E-state index is 12.8. The van der Waals surface area contributed by atoms with Gasteiger partial charge in [0.25, 0.3) is 0 Å². The second kappa shape index (κ2) is 13.8. The highest BCUT2D eigenvalue weighted by molar-refractivity contribution is 7.99. The summed E-state index contributed by atoms with van der Waals surface area (Å²) in [6, 6.07) is 20.8. The zero-order valence-electron chi connectivity index (χ0n) is 22.5.